The Morgan fingerprint density at radius 3 is 2.45 bits per heavy atom. The summed E-state index contributed by atoms with van der Waals surface area (Å²) in [6.07, 6.45) is 0. The number of nitrogens with zero attached hydrogens (tertiary/aromatic N) is 1. The van der Waals surface area contributed by atoms with Crippen molar-refractivity contribution in [3.63, 3.8) is 0 Å². The fourth-order valence-corrected chi connectivity index (χ4v) is 2.73. The van der Waals surface area contributed by atoms with Gasteiger partial charge in [-0.05, 0) is 49.6 Å². The predicted octanol–water partition coefficient (Wildman–Crippen LogP) is 4.04. The van der Waals surface area contributed by atoms with E-state index in [4.69, 9.17) is 0 Å². The van der Waals surface area contributed by atoms with Gasteiger partial charge in [-0.3, -0.25) is 0 Å². The van der Waals surface area contributed by atoms with Crippen molar-refractivity contribution >= 4 is 11.4 Å². The molecule has 0 aliphatic carbocycles. The molecule has 1 aliphatic rings. The van der Waals surface area contributed by atoms with Crippen molar-refractivity contribution in [1.82, 2.24) is 0 Å². The highest BCUT2D eigenvalue weighted by atomic mass is 15.2. The van der Waals surface area contributed by atoms with Crippen LogP contribution in [0.2, 0.25) is 0 Å². The Morgan fingerprint density at radius 1 is 1.00 bits per heavy atom. The number of anilines is 2. The zero-order valence-electron chi connectivity index (χ0n) is 12.5. The summed E-state index contributed by atoms with van der Waals surface area (Å²) >= 11 is 0. The zero-order valence-corrected chi connectivity index (χ0v) is 12.5. The first-order chi connectivity index (χ1) is 9.63. The van der Waals surface area contributed by atoms with Gasteiger partial charge in [0.1, 0.15) is 0 Å². The van der Waals surface area contributed by atoms with E-state index in [9.17, 15) is 0 Å². The molecule has 0 saturated heterocycles. The van der Waals surface area contributed by atoms with Gasteiger partial charge in [-0.15, -0.1) is 0 Å². The molecule has 0 bridgehead atoms. The molecule has 20 heavy (non-hydrogen) atoms. The van der Waals surface area contributed by atoms with Crippen LogP contribution in [0.25, 0.3) is 0 Å². The van der Waals surface area contributed by atoms with Gasteiger partial charge in [-0.2, -0.15) is 0 Å². The summed E-state index contributed by atoms with van der Waals surface area (Å²) < 4.78 is 0. The third-order valence-electron chi connectivity index (χ3n) is 4.14. The first kappa shape index (κ1) is 13.0. The van der Waals surface area contributed by atoms with E-state index >= 15 is 0 Å². The van der Waals surface area contributed by atoms with Gasteiger partial charge in [0.2, 0.25) is 0 Å². The molecule has 104 valence electrons. The van der Waals surface area contributed by atoms with Crippen molar-refractivity contribution in [3.8, 4) is 0 Å². The van der Waals surface area contributed by atoms with Crippen LogP contribution in [0, 0.1) is 20.8 Å². The first-order valence-electron chi connectivity index (χ1n) is 7.29. The van der Waals surface area contributed by atoms with Crippen LogP contribution in [0.4, 0.5) is 11.4 Å². The summed E-state index contributed by atoms with van der Waals surface area (Å²) in [4.78, 5) is 2.48. The monoisotopic (exact) mass is 266 g/mol. The van der Waals surface area contributed by atoms with Crippen molar-refractivity contribution in [2.45, 2.75) is 27.3 Å². The standard InChI is InChI=1S/C18H22N2/c1-13-4-6-16(7-5-13)12-20-9-8-19-17-10-14(2)15(3)11-18(17)20/h4-7,10-11,19H,8-9,12H2,1-3H3. The van der Waals surface area contributed by atoms with Gasteiger partial charge < -0.3 is 10.2 Å². The molecule has 2 heteroatoms. The number of rotatable bonds is 2. The van der Waals surface area contributed by atoms with E-state index in [1.54, 1.807) is 0 Å². The summed E-state index contributed by atoms with van der Waals surface area (Å²) in [6.45, 7) is 9.56. The van der Waals surface area contributed by atoms with Crippen molar-refractivity contribution in [2.24, 2.45) is 0 Å². The largest absolute Gasteiger partial charge is 0.382 e. The summed E-state index contributed by atoms with van der Waals surface area (Å²) in [5.41, 5.74) is 8.02. The Bertz CT molecular complexity index is 614. The molecule has 2 aromatic rings. The average Bonchev–Trinajstić information content (AvgIpc) is 2.43. The predicted molar refractivity (Wildman–Crippen MR) is 86.6 cm³/mol. The lowest BCUT2D eigenvalue weighted by atomic mass is 10.0. The molecule has 0 atom stereocenters. The Kier molecular flexibility index (Phi) is 3.39. The number of nitrogens with one attached hydrogen (secondary N) is 1. The van der Waals surface area contributed by atoms with Crippen LogP contribution >= 0.6 is 0 Å². The highest BCUT2D eigenvalue weighted by Gasteiger charge is 2.17. The number of hydrogen-bond acceptors (Lipinski definition) is 2. The first-order valence-corrected chi connectivity index (χ1v) is 7.29. The number of hydrogen-bond donors (Lipinski definition) is 1. The molecule has 0 fully saturated rings. The average molecular weight is 266 g/mol. The third kappa shape index (κ3) is 2.51. The lowest BCUT2D eigenvalue weighted by molar-refractivity contribution is 0.786. The fraction of sp³-hybridized carbons (Fsp3) is 0.333. The van der Waals surface area contributed by atoms with Crippen molar-refractivity contribution in [1.29, 1.82) is 0 Å². The SMILES string of the molecule is Cc1ccc(CN2CCNc3cc(C)c(C)cc32)cc1. The molecule has 1 heterocycles. The second kappa shape index (κ2) is 5.20. The number of fused-ring (bicyclic) bond motifs is 1. The Hall–Kier alpha value is -1.96. The minimum absolute atomic E-state index is 0.984. The van der Waals surface area contributed by atoms with Gasteiger partial charge in [-0.25, -0.2) is 0 Å². The topological polar surface area (TPSA) is 15.3 Å². The van der Waals surface area contributed by atoms with E-state index in [2.05, 4.69) is 67.4 Å². The normalized spacial score (nSPS) is 13.8. The lowest BCUT2D eigenvalue weighted by Gasteiger charge is -2.33. The van der Waals surface area contributed by atoms with Crippen molar-refractivity contribution in [2.75, 3.05) is 23.3 Å². The molecular formula is C18H22N2. The summed E-state index contributed by atoms with van der Waals surface area (Å²) in [5.74, 6) is 0. The summed E-state index contributed by atoms with van der Waals surface area (Å²) in [7, 11) is 0. The van der Waals surface area contributed by atoms with Gasteiger partial charge in [-0.1, -0.05) is 29.8 Å². The molecule has 1 N–H and O–H groups in total. The highest BCUT2D eigenvalue weighted by molar-refractivity contribution is 5.74. The number of benzene rings is 2. The van der Waals surface area contributed by atoms with Crippen LogP contribution in [-0.2, 0) is 6.54 Å². The molecule has 0 aromatic heterocycles. The maximum absolute atomic E-state index is 3.51. The Labute approximate surface area is 121 Å². The van der Waals surface area contributed by atoms with Crippen molar-refractivity contribution in [3.05, 3.63) is 58.7 Å². The second-order valence-corrected chi connectivity index (χ2v) is 5.79. The molecule has 2 aromatic carbocycles. The van der Waals surface area contributed by atoms with Gasteiger partial charge in [0, 0.05) is 19.6 Å². The van der Waals surface area contributed by atoms with Gasteiger partial charge >= 0.3 is 0 Å². The highest BCUT2D eigenvalue weighted by Crippen LogP contribution is 2.32. The molecule has 0 unspecified atom stereocenters. The molecular weight excluding hydrogens is 244 g/mol. The molecule has 0 amide bonds. The molecule has 1 aliphatic heterocycles. The zero-order chi connectivity index (χ0) is 14.1. The van der Waals surface area contributed by atoms with E-state index in [1.165, 1.54) is 33.6 Å². The molecule has 2 nitrogen and oxygen atoms in total. The minimum Gasteiger partial charge on any atom is -0.382 e. The van der Waals surface area contributed by atoms with Gasteiger partial charge in [0.15, 0.2) is 0 Å². The summed E-state index contributed by atoms with van der Waals surface area (Å²) in [5, 5.41) is 3.51. The van der Waals surface area contributed by atoms with E-state index < -0.39 is 0 Å². The maximum Gasteiger partial charge on any atom is 0.0608 e. The molecule has 0 spiro atoms. The fourth-order valence-electron chi connectivity index (χ4n) is 2.73. The summed E-state index contributed by atoms with van der Waals surface area (Å²) in [6, 6.07) is 13.4. The molecule has 0 radical (unpaired) electrons. The van der Waals surface area contributed by atoms with Gasteiger partial charge in [0.25, 0.3) is 0 Å². The van der Waals surface area contributed by atoms with E-state index in [0.29, 0.717) is 0 Å². The number of aryl methyl sites for hydroxylation is 3. The molecule has 3 rings (SSSR count). The third-order valence-corrected chi connectivity index (χ3v) is 4.14. The van der Waals surface area contributed by atoms with E-state index in [0.717, 1.165) is 19.6 Å². The van der Waals surface area contributed by atoms with E-state index in [1.807, 2.05) is 0 Å². The quantitative estimate of drug-likeness (QED) is 0.882. The van der Waals surface area contributed by atoms with Crippen LogP contribution in [-0.4, -0.2) is 13.1 Å². The molecule has 0 saturated carbocycles. The van der Waals surface area contributed by atoms with Crippen LogP contribution in [0.5, 0.6) is 0 Å². The van der Waals surface area contributed by atoms with Crippen LogP contribution in [0.3, 0.4) is 0 Å². The maximum atomic E-state index is 3.51. The van der Waals surface area contributed by atoms with Crippen molar-refractivity contribution < 1.29 is 0 Å². The Morgan fingerprint density at radius 2 is 1.70 bits per heavy atom. The van der Waals surface area contributed by atoms with E-state index in [-0.39, 0.29) is 0 Å². The lowest BCUT2D eigenvalue weighted by Crippen LogP contribution is -2.33. The van der Waals surface area contributed by atoms with Crippen LogP contribution in [0.15, 0.2) is 36.4 Å². The van der Waals surface area contributed by atoms with Crippen LogP contribution < -0.4 is 10.2 Å². The Balaban J connectivity index is 1.89. The second-order valence-electron chi connectivity index (χ2n) is 5.79. The smallest absolute Gasteiger partial charge is 0.0608 e. The minimum atomic E-state index is 0.984. The van der Waals surface area contributed by atoms with Crippen LogP contribution in [0.1, 0.15) is 22.3 Å². The van der Waals surface area contributed by atoms with Gasteiger partial charge in [0.05, 0.1) is 11.4 Å².